The lowest BCUT2D eigenvalue weighted by molar-refractivity contribution is -0.140. The molecule has 0 radical (unpaired) electrons. The largest absolute Gasteiger partial charge is 0.478 e. The van der Waals surface area contributed by atoms with Crippen LogP contribution in [0.5, 0.6) is 0 Å². The smallest absolute Gasteiger partial charge is 0.342 e. The van der Waals surface area contributed by atoms with E-state index in [1.165, 1.54) is 30.3 Å². The highest BCUT2D eigenvalue weighted by atomic mass is 19.3. The van der Waals surface area contributed by atoms with Gasteiger partial charge in [0.05, 0.1) is 18.3 Å². The van der Waals surface area contributed by atoms with Gasteiger partial charge in [-0.05, 0) is 37.1 Å². The van der Waals surface area contributed by atoms with Crippen molar-refractivity contribution in [1.82, 2.24) is 9.97 Å². The van der Waals surface area contributed by atoms with Crippen LogP contribution in [-0.2, 0) is 4.79 Å². The van der Waals surface area contributed by atoms with E-state index in [0.717, 1.165) is 30.6 Å². The van der Waals surface area contributed by atoms with Gasteiger partial charge in [-0.15, -0.1) is 0 Å². The van der Waals surface area contributed by atoms with Gasteiger partial charge in [0.15, 0.2) is 5.82 Å². The van der Waals surface area contributed by atoms with E-state index in [9.17, 15) is 18.4 Å². The first-order valence-electron chi connectivity index (χ1n) is 9.66. The quantitative estimate of drug-likeness (QED) is 0.788. The summed E-state index contributed by atoms with van der Waals surface area (Å²) in [6.45, 7) is -0.725. The first-order valence-corrected chi connectivity index (χ1v) is 9.66. The first-order chi connectivity index (χ1) is 14.3. The number of amides is 1. The van der Waals surface area contributed by atoms with Gasteiger partial charge in [0.1, 0.15) is 5.69 Å². The number of nitrogens with zero attached hydrogens (tertiary/aromatic N) is 4. The number of carboxylic acid groups (broad SMARTS) is 1. The lowest BCUT2D eigenvalue weighted by atomic mass is 10.2. The third-order valence-corrected chi connectivity index (χ3v) is 5.52. The van der Waals surface area contributed by atoms with Gasteiger partial charge in [0.2, 0.25) is 5.95 Å². The van der Waals surface area contributed by atoms with Gasteiger partial charge < -0.3 is 20.2 Å². The predicted octanol–water partition coefficient (Wildman–Crippen LogP) is 3.28. The van der Waals surface area contributed by atoms with E-state index in [0.29, 0.717) is 5.69 Å². The molecule has 1 aliphatic heterocycles. The lowest BCUT2D eigenvalue weighted by Gasteiger charge is -2.31. The van der Waals surface area contributed by atoms with Crippen LogP contribution in [0.2, 0.25) is 0 Å². The Morgan fingerprint density at radius 2 is 1.90 bits per heavy atom. The van der Waals surface area contributed by atoms with Gasteiger partial charge in [-0.2, -0.15) is 13.8 Å². The number of benzene rings is 1. The zero-order chi connectivity index (χ0) is 21.5. The van der Waals surface area contributed by atoms with Gasteiger partial charge in [0, 0.05) is 18.8 Å². The fraction of sp³-hybridized carbons (Fsp3) is 0.400. The Morgan fingerprint density at radius 3 is 2.53 bits per heavy atom. The molecule has 2 heterocycles. The fourth-order valence-corrected chi connectivity index (χ4v) is 3.93. The Morgan fingerprint density at radius 1 is 1.23 bits per heavy atom. The van der Waals surface area contributed by atoms with E-state index < -0.39 is 24.3 Å². The number of anilines is 4. The Bertz CT molecular complexity index is 977. The summed E-state index contributed by atoms with van der Waals surface area (Å²) in [5.41, 5.74) is 0.921. The van der Waals surface area contributed by atoms with Crippen LogP contribution in [0.4, 0.5) is 31.9 Å². The summed E-state index contributed by atoms with van der Waals surface area (Å²) in [7, 11) is 1.30. The van der Waals surface area contributed by atoms with Crippen molar-refractivity contribution >= 4 is 35.0 Å². The number of hydrogen-bond donors (Lipinski definition) is 2. The molecule has 2 aliphatic rings. The Balaban J connectivity index is 1.70. The van der Waals surface area contributed by atoms with E-state index in [4.69, 9.17) is 5.11 Å². The molecule has 0 unspecified atom stereocenters. The molecule has 2 aromatic rings. The van der Waals surface area contributed by atoms with Crippen LogP contribution in [0, 0.1) is 0 Å². The number of rotatable bonds is 4. The van der Waals surface area contributed by atoms with Crippen molar-refractivity contribution in [2.75, 3.05) is 28.7 Å². The summed E-state index contributed by atoms with van der Waals surface area (Å²) >= 11 is 0. The molecule has 0 saturated heterocycles. The summed E-state index contributed by atoms with van der Waals surface area (Å²) in [4.78, 5) is 34.4. The molecule has 0 atom stereocenters. The van der Waals surface area contributed by atoms with Crippen LogP contribution >= 0.6 is 0 Å². The molecule has 158 valence electrons. The number of aromatic carboxylic acids is 1. The highest BCUT2D eigenvalue weighted by Crippen LogP contribution is 2.39. The van der Waals surface area contributed by atoms with Crippen molar-refractivity contribution in [3.8, 4) is 0 Å². The van der Waals surface area contributed by atoms with Crippen LogP contribution in [0.15, 0.2) is 30.5 Å². The Labute approximate surface area is 171 Å². The maximum Gasteiger partial charge on any atom is 0.342 e. The van der Waals surface area contributed by atoms with E-state index in [-0.39, 0.29) is 29.1 Å². The summed E-state index contributed by atoms with van der Waals surface area (Å²) in [5.74, 6) is -5.39. The van der Waals surface area contributed by atoms with Gasteiger partial charge in [-0.1, -0.05) is 12.8 Å². The second kappa shape index (κ2) is 7.51. The number of alkyl halides is 2. The number of aromatic nitrogens is 2. The van der Waals surface area contributed by atoms with Crippen molar-refractivity contribution in [3.05, 3.63) is 36.0 Å². The van der Waals surface area contributed by atoms with Crippen LogP contribution in [0.1, 0.15) is 36.0 Å². The maximum atomic E-state index is 14.6. The number of nitrogens with one attached hydrogen (secondary N) is 1. The molecule has 1 aromatic carbocycles. The first kappa shape index (κ1) is 20.0. The zero-order valence-electron chi connectivity index (χ0n) is 16.3. The minimum atomic E-state index is -3.53. The minimum absolute atomic E-state index is 0.119. The second-order valence-corrected chi connectivity index (χ2v) is 7.54. The lowest BCUT2D eigenvalue weighted by Crippen LogP contribution is -2.48. The molecular weight excluding hydrogens is 396 g/mol. The third kappa shape index (κ3) is 3.64. The van der Waals surface area contributed by atoms with Crippen molar-refractivity contribution in [2.45, 2.75) is 37.6 Å². The molecule has 1 saturated carbocycles. The second-order valence-electron chi connectivity index (χ2n) is 7.54. The Kier molecular flexibility index (Phi) is 5.00. The van der Waals surface area contributed by atoms with Crippen LogP contribution < -0.4 is 15.1 Å². The molecule has 4 rings (SSSR count). The zero-order valence-corrected chi connectivity index (χ0v) is 16.3. The molecular formula is C20H21F2N5O3. The molecule has 30 heavy (non-hydrogen) atoms. The standard InChI is InChI=1S/C20H21F2N5O3/c1-26-15-10-23-19(24-13-8-6-12(7-9-13)17(28)29)25-16(15)27(14-4-2-3-5-14)11-20(21,22)18(26)30/h6-10,14H,2-5,11H2,1H3,(H,28,29)(H,23,24,25). The van der Waals surface area contributed by atoms with E-state index in [1.807, 2.05) is 0 Å². The number of carbonyl (C=O) groups is 2. The third-order valence-electron chi connectivity index (χ3n) is 5.52. The number of carboxylic acids is 1. The van der Waals surface area contributed by atoms with Crippen molar-refractivity contribution < 1.29 is 23.5 Å². The molecule has 0 bridgehead atoms. The summed E-state index contributed by atoms with van der Waals surface area (Å²) in [6.07, 6.45) is 4.77. The fourth-order valence-electron chi connectivity index (χ4n) is 3.93. The number of carbonyl (C=O) groups excluding carboxylic acids is 1. The molecule has 1 fully saturated rings. The number of halogens is 2. The average molecular weight is 417 g/mol. The number of hydrogen-bond acceptors (Lipinski definition) is 6. The molecule has 1 aliphatic carbocycles. The van der Waals surface area contributed by atoms with Crippen molar-refractivity contribution in [2.24, 2.45) is 0 Å². The van der Waals surface area contributed by atoms with Crippen LogP contribution in [0.25, 0.3) is 0 Å². The van der Waals surface area contributed by atoms with Gasteiger partial charge in [-0.25, -0.2) is 9.78 Å². The molecule has 0 spiro atoms. The normalized spacial score (nSPS) is 18.8. The molecule has 2 N–H and O–H groups in total. The molecule has 8 nitrogen and oxygen atoms in total. The maximum absolute atomic E-state index is 14.6. The monoisotopic (exact) mass is 417 g/mol. The minimum Gasteiger partial charge on any atom is -0.478 e. The summed E-state index contributed by atoms with van der Waals surface area (Å²) in [6, 6.07) is 5.89. The molecule has 1 aromatic heterocycles. The highest BCUT2D eigenvalue weighted by molar-refractivity contribution is 6.02. The topological polar surface area (TPSA) is 98.7 Å². The van der Waals surface area contributed by atoms with Crippen LogP contribution in [0.3, 0.4) is 0 Å². The summed E-state index contributed by atoms with van der Waals surface area (Å²) in [5, 5.41) is 12.0. The van der Waals surface area contributed by atoms with Gasteiger partial charge >= 0.3 is 11.9 Å². The Hall–Kier alpha value is -3.30. The van der Waals surface area contributed by atoms with Crippen LogP contribution in [-0.4, -0.2) is 52.5 Å². The van der Waals surface area contributed by atoms with E-state index in [2.05, 4.69) is 15.3 Å². The molecule has 10 heteroatoms. The van der Waals surface area contributed by atoms with Gasteiger partial charge in [-0.3, -0.25) is 4.79 Å². The van der Waals surface area contributed by atoms with E-state index >= 15 is 0 Å². The highest BCUT2D eigenvalue weighted by Gasteiger charge is 2.48. The number of fused-ring (bicyclic) bond motifs is 1. The van der Waals surface area contributed by atoms with Gasteiger partial charge in [0.25, 0.3) is 5.91 Å². The van der Waals surface area contributed by atoms with Crippen molar-refractivity contribution in [3.63, 3.8) is 0 Å². The summed E-state index contributed by atoms with van der Waals surface area (Å²) < 4.78 is 29.2. The average Bonchev–Trinajstić information content (AvgIpc) is 3.24. The van der Waals surface area contributed by atoms with Crippen molar-refractivity contribution in [1.29, 1.82) is 0 Å². The predicted molar refractivity (Wildman–Crippen MR) is 107 cm³/mol. The molecule has 1 amide bonds. The SMILES string of the molecule is CN1C(=O)C(F)(F)CN(C2CCCC2)c2nc(Nc3ccc(C(=O)O)cc3)ncc21. The van der Waals surface area contributed by atoms with E-state index in [1.54, 1.807) is 12.1 Å².